The number of nitrogens with zero attached hydrogens (tertiary/aromatic N) is 1. The van der Waals surface area contributed by atoms with Crippen molar-refractivity contribution < 1.29 is 4.79 Å². The molecule has 160 valence electrons. The van der Waals surface area contributed by atoms with E-state index in [9.17, 15) is 4.79 Å². The number of halogens is 1. The molecule has 0 unspecified atom stereocenters. The molecule has 0 bridgehead atoms. The number of hydrogen-bond donors (Lipinski definition) is 1. The molecule has 0 aliphatic heterocycles. The number of carbonyl (C=O) groups excluding carboxylic acids is 1. The molecule has 1 N–H and O–H groups in total. The summed E-state index contributed by atoms with van der Waals surface area (Å²) in [4.78, 5) is 19.3. The molecule has 0 radical (unpaired) electrons. The van der Waals surface area contributed by atoms with Gasteiger partial charge in [0.1, 0.15) is 5.00 Å². The van der Waals surface area contributed by atoms with Crippen LogP contribution in [0.3, 0.4) is 0 Å². The van der Waals surface area contributed by atoms with Crippen LogP contribution in [0.2, 0.25) is 5.02 Å². The maximum absolute atomic E-state index is 13.3. The average molecular weight is 451 g/mol. The highest BCUT2D eigenvalue weighted by atomic mass is 35.5. The third-order valence-electron chi connectivity index (χ3n) is 5.96. The van der Waals surface area contributed by atoms with Crippen molar-refractivity contribution in [2.45, 2.75) is 40.0 Å². The number of thiophene rings is 1. The first-order valence-electron chi connectivity index (χ1n) is 10.6. The molecule has 0 fully saturated rings. The van der Waals surface area contributed by atoms with Crippen LogP contribution in [0.1, 0.15) is 53.6 Å². The summed E-state index contributed by atoms with van der Waals surface area (Å²) in [6, 6.07) is 17.2. The minimum Gasteiger partial charge on any atom is -0.322 e. The Balaban J connectivity index is 1.72. The molecule has 3 nitrogen and oxygen atoms in total. The number of carbonyl (C=O) groups is 1. The van der Waals surface area contributed by atoms with E-state index in [0.717, 1.165) is 41.1 Å². The molecule has 1 aromatic heterocycles. The third-order valence-corrected chi connectivity index (χ3v) is 7.46. The zero-order valence-electron chi connectivity index (χ0n) is 18.1. The van der Waals surface area contributed by atoms with E-state index in [2.05, 4.69) is 26.1 Å². The Morgan fingerprint density at radius 3 is 2.55 bits per heavy atom. The number of para-hydroxylation sites is 1. The van der Waals surface area contributed by atoms with Gasteiger partial charge in [-0.1, -0.05) is 68.8 Å². The van der Waals surface area contributed by atoms with E-state index in [0.29, 0.717) is 16.5 Å². The van der Waals surface area contributed by atoms with Crippen LogP contribution in [0.15, 0.2) is 59.6 Å². The van der Waals surface area contributed by atoms with Gasteiger partial charge < -0.3 is 5.32 Å². The van der Waals surface area contributed by atoms with Gasteiger partial charge in [0.25, 0.3) is 5.91 Å². The van der Waals surface area contributed by atoms with E-state index in [4.69, 9.17) is 16.6 Å². The number of anilines is 1. The van der Waals surface area contributed by atoms with Gasteiger partial charge in [0.15, 0.2) is 0 Å². The lowest BCUT2D eigenvalue weighted by atomic mass is 9.72. The third kappa shape index (κ3) is 4.91. The second-order valence-electron chi connectivity index (χ2n) is 9.09. The minimum absolute atomic E-state index is 0.0933. The molecular formula is C26H27ClN2OS. The van der Waals surface area contributed by atoms with Crippen LogP contribution in [0.25, 0.3) is 0 Å². The average Bonchev–Trinajstić information content (AvgIpc) is 3.11. The smallest absolute Gasteiger partial charge is 0.259 e. The van der Waals surface area contributed by atoms with E-state index < -0.39 is 0 Å². The van der Waals surface area contributed by atoms with Gasteiger partial charge >= 0.3 is 0 Å². The summed E-state index contributed by atoms with van der Waals surface area (Å²) >= 11 is 7.95. The molecule has 3 aromatic rings. The van der Waals surface area contributed by atoms with Crippen LogP contribution < -0.4 is 5.32 Å². The number of benzene rings is 2. The molecule has 1 heterocycles. The Bertz CT molecular complexity index is 1110. The highest BCUT2D eigenvalue weighted by Gasteiger charge is 2.33. The molecule has 31 heavy (non-hydrogen) atoms. The van der Waals surface area contributed by atoms with E-state index in [1.54, 1.807) is 17.6 Å². The molecule has 1 aliphatic rings. The quantitative estimate of drug-likeness (QED) is 0.409. The molecule has 4 rings (SSSR count). The van der Waals surface area contributed by atoms with Gasteiger partial charge in [-0.2, -0.15) is 0 Å². The second-order valence-corrected chi connectivity index (χ2v) is 10.6. The number of rotatable bonds is 4. The number of fused-ring (bicyclic) bond motifs is 1. The van der Waals surface area contributed by atoms with Crippen molar-refractivity contribution in [3.63, 3.8) is 0 Å². The first kappa shape index (κ1) is 21.8. The summed E-state index contributed by atoms with van der Waals surface area (Å²) in [6.07, 6.45) is 4.76. The van der Waals surface area contributed by atoms with Gasteiger partial charge in [-0.05, 0) is 54.4 Å². The highest BCUT2D eigenvalue weighted by molar-refractivity contribution is 7.16. The summed E-state index contributed by atoms with van der Waals surface area (Å²) < 4.78 is 0. The number of nitrogens with one attached hydrogen (secondary N) is 1. The van der Waals surface area contributed by atoms with Gasteiger partial charge in [-0.25, -0.2) is 4.99 Å². The van der Waals surface area contributed by atoms with Crippen LogP contribution in [0.5, 0.6) is 0 Å². The predicted molar refractivity (Wildman–Crippen MR) is 132 cm³/mol. The zero-order chi connectivity index (χ0) is 22.0. The first-order valence-corrected chi connectivity index (χ1v) is 11.8. The maximum Gasteiger partial charge on any atom is 0.259 e. The fraction of sp³-hybridized carbons (Fsp3) is 0.308. The molecule has 1 amide bonds. The summed E-state index contributed by atoms with van der Waals surface area (Å²) in [5.41, 5.74) is 3.74. The van der Waals surface area contributed by atoms with Crippen LogP contribution in [-0.4, -0.2) is 12.1 Å². The Morgan fingerprint density at radius 1 is 1.13 bits per heavy atom. The van der Waals surface area contributed by atoms with E-state index in [-0.39, 0.29) is 11.3 Å². The molecule has 1 atom stereocenters. The van der Waals surface area contributed by atoms with Crippen molar-refractivity contribution in [3.05, 3.63) is 81.2 Å². The molecule has 0 saturated carbocycles. The van der Waals surface area contributed by atoms with Gasteiger partial charge in [-0.3, -0.25) is 4.79 Å². The maximum atomic E-state index is 13.3. The fourth-order valence-electron chi connectivity index (χ4n) is 4.06. The molecule has 0 saturated heterocycles. The normalized spacial score (nSPS) is 16.3. The summed E-state index contributed by atoms with van der Waals surface area (Å²) in [5, 5.41) is 4.46. The van der Waals surface area contributed by atoms with Crippen molar-refractivity contribution in [3.8, 4) is 0 Å². The Hall–Kier alpha value is -2.43. The lowest BCUT2D eigenvalue weighted by Crippen LogP contribution is -2.27. The summed E-state index contributed by atoms with van der Waals surface area (Å²) in [5.74, 6) is 0.508. The molecule has 5 heteroatoms. The van der Waals surface area contributed by atoms with Crippen LogP contribution >= 0.6 is 22.9 Å². The molecule has 2 aromatic carbocycles. The highest BCUT2D eigenvalue weighted by Crippen LogP contribution is 2.45. The van der Waals surface area contributed by atoms with Crippen molar-refractivity contribution in [2.75, 3.05) is 5.32 Å². The van der Waals surface area contributed by atoms with Gasteiger partial charge in [0.05, 0.1) is 5.56 Å². The monoisotopic (exact) mass is 450 g/mol. The van der Waals surface area contributed by atoms with E-state index in [1.807, 2.05) is 54.6 Å². The zero-order valence-corrected chi connectivity index (χ0v) is 19.7. The molecule has 1 aliphatic carbocycles. The lowest BCUT2D eigenvalue weighted by Gasteiger charge is -2.33. The number of amides is 1. The Labute approximate surface area is 193 Å². The van der Waals surface area contributed by atoms with Gasteiger partial charge in [0, 0.05) is 27.4 Å². The van der Waals surface area contributed by atoms with Crippen molar-refractivity contribution in [1.82, 2.24) is 0 Å². The summed E-state index contributed by atoms with van der Waals surface area (Å²) in [6.45, 7) is 6.90. The molecular weight excluding hydrogens is 424 g/mol. The van der Waals surface area contributed by atoms with Crippen LogP contribution in [0.4, 0.5) is 10.7 Å². The SMILES string of the molecule is CC(C)(C)[C@H]1CCc2c(sc(N=Cc3ccccc3Cl)c2C(=O)Nc2ccccc2)C1. The fourth-order valence-corrected chi connectivity index (χ4v) is 5.51. The van der Waals surface area contributed by atoms with Crippen molar-refractivity contribution in [2.24, 2.45) is 16.3 Å². The predicted octanol–water partition coefficient (Wildman–Crippen LogP) is 7.56. The number of aliphatic imine (C=N–C) groups is 1. The Morgan fingerprint density at radius 2 is 1.84 bits per heavy atom. The van der Waals surface area contributed by atoms with Crippen molar-refractivity contribution in [1.29, 1.82) is 0 Å². The van der Waals surface area contributed by atoms with Crippen LogP contribution in [0, 0.1) is 11.3 Å². The van der Waals surface area contributed by atoms with Crippen molar-refractivity contribution >= 4 is 45.7 Å². The van der Waals surface area contributed by atoms with E-state index >= 15 is 0 Å². The van der Waals surface area contributed by atoms with Crippen LogP contribution in [-0.2, 0) is 12.8 Å². The largest absolute Gasteiger partial charge is 0.322 e. The Kier molecular flexibility index (Phi) is 6.31. The second kappa shape index (κ2) is 8.97. The first-order chi connectivity index (χ1) is 14.8. The van der Waals surface area contributed by atoms with Gasteiger partial charge in [0.2, 0.25) is 0 Å². The topological polar surface area (TPSA) is 41.5 Å². The standard InChI is InChI=1S/C26H27ClN2OS/c1-26(2,3)18-13-14-20-22(15-18)31-25(28-16-17-9-7-8-12-21(17)27)23(20)24(30)29-19-10-5-4-6-11-19/h4-12,16,18H,13-15H2,1-3H3,(H,29,30)/t18-/m0/s1. The minimum atomic E-state index is -0.0933. The molecule has 0 spiro atoms. The lowest BCUT2D eigenvalue weighted by molar-refractivity contribution is 0.102. The van der Waals surface area contributed by atoms with Gasteiger partial charge in [-0.15, -0.1) is 11.3 Å². The van der Waals surface area contributed by atoms with E-state index in [1.165, 1.54) is 4.88 Å². The summed E-state index contributed by atoms with van der Waals surface area (Å²) in [7, 11) is 0. The number of hydrogen-bond acceptors (Lipinski definition) is 3.